The standard InChI is InChI=1S/C16H28O3/c1-2-3-4-8-11-16(13-17,15(18)19)12-14-9-6-5-7-10-14/h2,14,17H,1,3-13H2,(H,18,19). The van der Waals surface area contributed by atoms with E-state index in [0.29, 0.717) is 18.8 Å². The summed E-state index contributed by atoms with van der Waals surface area (Å²) in [7, 11) is 0. The molecule has 110 valence electrons. The maximum atomic E-state index is 11.6. The summed E-state index contributed by atoms with van der Waals surface area (Å²) in [5.74, 6) is -0.337. The van der Waals surface area contributed by atoms with E-state index < -0.39 is 11.4 Å². The third kappa shape index (κ3) is 4.98. The molecule has 0 heterocycles. The summed E-state index contributed by atoms with van der Waals surface area (Å²) in [6.07, 6.45) is 11.8. The molecule has 3 nitrogen and oxygen atoms in total. The van der Waals surface area contributed by atoms with Crippen LogP contribution in [0.5, 0.6) is 0 Å². The van der Waals surface area contributed by atoms with Crippen LogP contribution in [-0.4, -0.2) is 22.8 Å². The minimum absolute atomic E-state index is 0.229. The third-order valence-electron chi connectivity index (χ3n) is 4.47. The van der Waals surface area contributed by atoms with E-state index in [-0.39, 0.29) is 6.61 Å². The van der Waals surface area contributed by atoms with E-state index in [1.165, 1.54) is 19.3 Å². The van der Waals surface area contributed by atoms with E-state index in [0.717, 1.165) is 32.1 Å². The van der Waals surface area contributed by atoms with Gasteiger partial charge in [-0.2, -0.15) is 0 Å². The van der Waals surface area contributed by atoms with Crippen LogP contribution in [0.3, 0.4) is 0 Å². The van der Waals surface area contributed by atoms with Crippen LogP contribution in [-0.2, 0) is 4.79 Å². The van der Waals surface area contributed by atoms with Crippen LogP contribution in [0.2, 0.25) is 0 Å². The average molecular weight is 268 g/mol. The predicted octanol–water partition coefficient (Wildman–Crippen LogP) is 3.77. The molecule has 2 N–H and O–H groups in total. The molecule has 1 aliphatic carbocycles. The lowest BCUT2D eigenvalue weighted by Crippen LogP contribution is -2.37. The van der Waals surface area contributed by atoms with Gasteiger partial charge in [0, 0.05) is 0 Å². The smallest absolute Gasteiger partial charge is 0.311 e. The second-order valence-corrected chi connectivity index (χ2v) is 5.99. The Balaban J connectivity index is 2.56. The number of aliphatic carboxylic acids is 1. The normalized spacial score (nSPS) is 19.8. The van der Waals surface area contributed by atoms with Gasteiger partial charge in [0.05, 0.1) is 12.0 Å². The molecule has 1 unspecified atom stereocenters. The predicted molar refractivity (Wildman–Crippen MR) is 77.0 cm³/mol. The summed E-state index contributed by atoms with van der Waals surface area (Å²) in [5.41, 5.74) is -0.914. The molecule has 0 aromatic rings. The van der Waals surface area contributed by atoms with Crippen LogP contribution in [0.4, 0.5) is 0 Å². The Bertz CT molecular complexity index is 282. The number of hydrogen-bond acceptors (Lipinski definition) is 2. The Morgan fingerprint density at radius 1 is 1.26 bits per heavy atom. The van der Waals surface area contributed by atoms with Gasteiger partial charge >= 0.3 is 5.97 Å². The van der Waals surface area contributed by atoms with E-state index in [1.54, 1.807) is 0 Å². The van der Waals surface area contributed by atoms with Gasteiger partial charge in [-0.15, -0.1) is 6.58 Å². The van der Waals surface area contributed by atoms with E-state index in [2.05, 4.69) is 6.58 Å². The van der Waals surface area contributed by atoms with Gasteiger partial charge in [-0.1, -0.05) is 44.6 Å². The monoisotopic (exact) mass is 268 g/mol. The molecule has 0 aromatic carbocycles. The zero-order chi connectivity index (χ0) is 14.1. The van der Waals surface area contributed by atoms with E-state index in [1.807, 2.05) is 6.08 Å². The van der Waals surface area contributed by atoms with Gasteiger partial charge in [-0.05, 0) is 31.6 Å². The molecule has 0 radical (unpaired) electrons. The Labute approximate surface area is 116 Å². The summed E-state index contributed by atoms with van der Waals surface area (Å²) >= 11 is 0. The first kappa shape index (κ1) is 16.2. The summed E-state index contributed by atoms with van der Waals surface area (Å²) in [6.45, 7) is 3.45. The van der Waals surface area contributed by atoms with Gasteiger partial charge in [-0.3, -0.25) is 4.79 Å². The van der Waals surface area contributed by atoms with Crippen molar-refractivity contribution >= 4 is 5.97 Å². The van der Waals surface area contributed by atoms with Crippen LogP contribution < -0.4 is 0 Å². The number of carboxylic acids is 1. The first-order valence-corrected chi connectivity index (χ1v) is 7.60. The van der Waals surface area contributed by atoms with Crippen molar-refractivity contribution in [3.63, 3.8) is 0 Å². The quantitative estimate of drug-likeness (QED) is 0.494. The number of allylic oxidation sites excluding steroid dienone is 1. The average Bonchev–Trinajstić information content (AvgIpc) is 2.43. The SMILES string of the molecule is C=CCCCCC(CO)(CC1CCCCC1)C(=O)O. The lowest BCUT2D eigenvalue weighted by molar-refractivity contribution is -0.154. The Kier molecular flexibility index (Phi) is 7.14. The van der Waals surface area contributed by atoms with Gasteiger partial charge < -0.3 is 10.2 Å². The van der Waals surface area contributed by atoms with E-state index >= 15 is 0 Å². The molecule has 0 aliphatic heterocycles. The number of aliphatic hydroxyl groups excluding tert-OH is 1. The fourth-order valence-electron chi connectivity index (χ4n) is 3.20. The molecule has 1 atom stereocenters. The molecule has 1 fully saturated rings. The molecule has 0 aromatic heterocycles. The van der Waals surface area contributed by atoms with Crippen molar-refractivity contribution < 1.29 is 15.0 Å². The zero-order valence-electron chi connectivity index (χ0n) is 11.9. The number of aliphatic hydroxyl groups is 1. The summed E-state index contributed by atoms with van der Waals surface area (Å²) < 4.78 is 0. The van der Waals surface area contributed by atoms with Crippen LogP contribution in [0, 0.1) is 11.3 Å². The molecule has 1 saturated carbocycles. The van der Waals surface area contributed by atoms with Gasteiger partial charge in [0.2, 0.25) is 0 Å². The van der Waals surface area contributed by atoms with Gasteiger partial charge in [0.15, 0.2) is 0 Å². The number of unbranched alkanes of at least 4 members (excludes halogenated alkanes) is 2. The fraction of sp³-hybridized carbons (Fsp3) is 0.812. The maximum absolute atomic E-state index is 11.6. The van der Waals surface area contributed by atoms with Gasteiger partial charge in [0.25, 0.3) is 0 Å². The number of carboxylic acid groups (broad SMARTS) is 1. The van der Waals surface area contributed by atoms with Crippen molar-refractivity contribution in [1.29, 1.82) is 0 Å². The molecule has 3 heteroatoms. The van der Waals surface area contributed by atoms with Crippen LogP contribution in [0.25, 0.3) is 0 Å². The van der Waals surface area contributed by atoms with E-state index in [4.69, 9.17) is 0 Å². The molecule has 0 saturated heterocycles. The minimum atomic E-state index is -0.914. The highest BCUT2D eigenvalue weighted by molar-refractivity contribution is 5.74. The highest BCUT2D eigenvalue weighted by Gasteiger charge is 2.39. The second-order valence-electron chi connectivity index (χ2n) is 5.99. The molecular weight excluding hydrogens is 240 g/mol. The largest absolute Gasteiger partial charge is 0.481 e. The lowest BCUT2D eigenvalue weighted by atomic mass is 9.72. The van der Waals surface area contributed by atoms with Crippen LogP contribution in [0.1, 0.15) is 64.2 Å². The molecule has 0 bridgehead atoms. The maximum Gasteiger partial charge on any atom is 0.311 e. The molecule has 0 spiro atoms. The molecular formula is C16H28O3. The van der Waals surface area contributed by atoms with Crippen molar-refractivity contribution in [2.45, 2.75) is 64.2 Å². The minimum Gasteiger partial charge on any atom is -0.481 e. The van der Waals surface area contributed by atoms with Crippen molar-refractivity contribution in [2.24, 2.45) is 11.3 Å². The van der Waals surface area contributed by atoms with Crippen LogP contribution >= 0.6 is 0 Å². The van der Waals surface area contributed by atoms with Crippen molar-refractivity contribution in [2.75, 3.05) is 6.61 Å². The Morgan fingerprint density at radius 3 is 2.47 bits per heavy atom. The number of carbonyl (C=O) groups is 1. The second kappa shape index (κ2) is 8.36. The van der Waals surface area contributed by atoms with Crippen molar-refractivity contribution in [3.8, 4) is 0 Å². The number of rotatable bonds is 9. The molecule has 0 amide bonds. The van der Waals surface area contributed by atoms with Crippen LogP contribution in [0.15, 0.2) is 12.7 Å². The van der Waals surface area contributed by atoms with Crippen molar-refractivity contribution in [3.05, 3.63) is 12.7 Å². The fourth-order valence-corrected chi connectivity index (χ4v) is 3.20. The first-order chi connectivity index (χ1) is 9.14. The highest BCUT2D eigenvalue weighted by atomic mass is 16.4. The van der Waals surface area contributed by atoms with Gasteiger partial charge in [-0.25, -0.2) is 0 Å². The zero-order valence-corrected chi connectivity index (χ0v) is 11.9. The lowest BCUT2D eigenvalue weighted by Gasteiger charge is -2.33. The van der Waals surface area contributed by atoms with E-state index in [9.17, 15) is 15.0 Å². The molecule has 1 rings (SSSR count). The third-order valence-corrected chi connectivity index (χ3v) is 4.47. The summed E-state index contributed by atoms with van der Waals surface area (Å²) in [4.78, 5) is 11.6. The Hall–Kier alpha value is -0.830. The topological polar surface area (TPSA) is 57.5 Å². The highest BCUT2D eigenvalue weighted by Crippen LogP contribution is 2.38. The van der Waals surface area contributed by atoms with Crippen molar-refractivity contribution in [1.82, 2.24) is 0 Å². The first-order valence-electron chi connectivity index (χ1n) is 7.60. The summed E-state index contributed by atoms with van der Waals surface area (Å²) in [6, 6.07) is 0. The summed E-state index contributed by atoms with van der Waals surface area (Å²) in [5, 5.41) is 19.2. The van der Waals surface area contributed by atoms with Gasteiger partial charge in [0.1, 0.15) is 0 Å². The molecule has 1 aliphatic rings. The molecule has 19 heavy (non-hydrogen) atoms. The Morgan fingerprint density at radius 2 is 1.95 bits per heavy atom. The number of hydrogen-bond donors (Lipinski definition) is 2.